The first-order valence-corrected chi connectivity index (χ1v) is 9.60. The second kappa shape index (κ2) is 7.70. The van der Waals surface area contributed by atoms with Gasteiger partial charge in [0.2, 0.25) is 5.91 Å². The van der Waals surface area contributed by atoms with Crippen LogP contribution in [0.2, 0.25) is 0 Å². The number of sulfonamides is 1. The molecule has 134 valence electrons. The monoisotopic (exact) mass is 360 g/mol. The van der Waals surface area contributed by atoms with Crippen molar-refractivity contribution in [3.63, 3.8) is 0 Å². The summed E-state index contributed by atoms with van der Waals surface area (Å²) in [7, 11) is -3.84. The van der Waals surface area contributed by atoms with E-state index >= 15 is 0 Å². The molecule has 0 atom stereocenters. The van der Waals surface area contributed by atoms with E-state index in [-0.39, 0.29) is 23.4 Å². The van der Waals surface area contributed by atoms with Crippen LogP contribution in [0.3, 0.4) is 0 Å². The molecule has 0 aliphatic carbocycles. The third-order valence-electron chi connectivity index (χ3n) is 3.85. The molecule has 5 nitrogen and oxygen atoms in total. The number of carbonyl (C=O) groups is 1. The minimum atomic E-state index is -3.84. The van der Waals surface area contributed by atoms with Gasteiger partial charge in [-0.3, -0.25) is 9.10 Å². The summed E-state index contributed by atoms with van der Waals surface area (Å²) < 4.78 is 27.4. The van der Waals surface area contributed by atoms with Crippen molar-refractivity contribution in [2.75, 3.05) is 10.8 Å². The molecule has 0 radical (unpaired) electrons. The number of amides is 1. The van der Waals surface area contributed by atoms with Crippen molar-refractivity contribution >= 4 is 21.6 Å². The summed E-state index contributed by atoms with van der Waals surface area (Å²) in [5, 5.41) is 2.75. The highest BCUT2D eigenvalue weighted by molar-refractivity contribution is 7.92. The average molecular weight is 360 g/mol. The first kappa shape index (κ1) is 19.0. The standard InChI is InChI=1S/C19H24N2O3S/c1-14(2)20-19(22)13-21(17-11-10-15(3)16(4)12-17)25(23,24)18-8-6-5-7-9-18/h5-12,14H,13H2,1-4H3,(H,20,22). The maximum absolute atomic E-state index is 13.1. The Morgan fingerprint density at radius 3 is 2.24 bits per heavy atom. The van der Waals surface area contributed by atoms with Crippen molar-refractivity contribution in [1.29, 1.82) is 0 Å². The lowest BCUT2D eigenvalue weighted by atomic mass is 10.1. The molecule has 1 N–H and O–H groups in total. The van der Waals surface area contributed by atoms with Crippen molar-refractivity contribution in [2.45, 2.75) is 38.6 Å². The van der Waals surface area contributed by atoms with Crippen LogP contribution >= 0.6 is 0 Å². The maximum atomic E-state index is 13.1. The van der Waals surface area contributed by atoms with Crippen LogP contribution in [-0.2, 0) is 14.8 Å². The maximum Gasteiger partial charge on any atom is 0.264 e. The van der Waals surface area contributed by atoms with Crippen LogP contribution in [-0.4, -0.2) is 26.9 Å². The van der Waals surface area contributed by atoms with Crippen molar-refractivity contribution in [2.24, 2.45) is 0 Å². The Morgan fingerprint density at radius 2 is 1.68 bits per heavy atom. The van der Waals surface area contributed by atoms with Gasteiger partial charge in [-0.2, -0.15) is 0 Å². The van der Waals surface area contributed by atoms with Gasteiger partial charge in [-0.1, -0.05) is 24.3 Å². The second-order valence-corrected chi connectivity index (χ2v) is 8.18. The van der Waals surface area contributed by atoms with Gasteiger partial charge < -0.3 is 5.32 Å². The van der Waals surface area contributed by atoms with E-state index in [9.17, 15) is 13.2 Å². The lowest BCUT2D eigenvalue weighted by Gasteiger charge is -2.25. The van der Waals surface area contributed by atoms with E-state index in [1.165, 1.54) is 12.1 Å². The quantitative estimate of drug-likeness (QED) is 0.861. The van der Waals surface area contributed by atoms with Crippen LogP contribution in [0.15, 0.2) is 53.4 Å². The third-order valence-corrected chi connectivity index (χ3v) is 5.63. The van der Waals surface area contributed by atoms with Gasteiger partial charge in [0.25, 0.3) is 10.0 Å². The minimum absolute atomic E-state index is 0.0615. The summed E-state index contributed by atoms with van der Waals surface area (Å²) in [5.41, 5.74) is 2.51. The fourth-order valence-electron chi connectivity index (χ4n) is 2.41. The van der Waals surface area contributed by atoms with E-state index in [4.69, 9.17) is 0 Å². The molecule has 2 aromatic rings. The van der Waals surface area contributed by atoms with Crippen molar-refractivity contribution in [3.05, 3.63) is 59.7 Å². The highest BCUT2D eigenvalue weighted by Gasteiger charge is 2.27. The van der Waals surface area contributed by atoms with Gasteiger partial charge in [0.05, 0.1) is 10.6 Å². The van der Waals surface area contributed by atoms with Crippen LogP contribution in [0.4, 0.5) is 5.69 Å². The zero-order valence-electron chi connectivity index (χ0n) is 15.0. The molecule has 0 saturated heterocycles. The second-order valence-electron chi connectivity index (χ2n) is 6.32. The molecule has 0 aromatic heterocycles. The summed E-state index contributed by atoms with van der Waals surface area (Å²) in [6.45, 7) is 7.28. The SMILES string of the molecule is Cc1ccc(N(CC(=O)NC(C)C)S(=O)(=O)c2ccccc2)cc1C. The molecule has 0 fully saturated rings. The van der Waals surface area contributed by atoms with Crippen molar-refractivity contribution in [1.82, 2.24) is 5.32 Å². The number of benzene rings is 2. The molecule has 2 rings (SSSR count). The summed E-state index contributed by atoms with van der Waals surface area (Å²) in [6.07, 6.45) is 0. The van der Waals surface area contributed by atoms with E-state index in [0.29, 0.717) is 5.69 Å². The molecule has 2 aromatic carbocycles. The molecule has 1 amide bonds. The van der Waals surface area contributed by atoms with E-state index in [1.54, 1.807) is 30.3 Å². The molecule has 0 unspecified atom stereocenters. The van der Waals surface area contributed by atoms with Crippen LogP contribution < -0.4 is 9.62 Å². The van der Waals surface area contributed by atoms with E-state index in [2.05, 4.69) is 5.32 Å². The largest absolute Gasteiger partial charge is 0.352 e. The molecule has 0 bridgehead atoms. The van der Waals surface area contributed by atoms with Crippen LogP contribution in [0.5, 0.6) is 0 Å². The Morgan fingerprint density at radius 1 is 1.04 bits per heavy atom. The smallest absolute Gasteiger partial charge is 0.264 e. The fourth-order valence-corrected chi connectivity index (χ4v) is 3.85. The molecule has 25 heavy (non-hydrogen) atoms. The molecule has 0 heterocycles. The summed E-state index contributed by atoms with van der Waals surface area (Å²) in [4.78, 5) is 12.4. The normalized spacial score (nSPS) is 11.4. The highest BCUT2D eigenvalue weighted by Crippen LogP contribution is 2.25. The van der Waals surface area contributed by atoms with Crippen LogP contribution in [0.1, 0.15) is 25.0 Å². The fraction of sp³-hybridized carbons (Fsp3) is 0.316. The van der Waals surface area contributed by atoms with Gasteiger partial charge >= 0.3 is 0 Å². The summed E-state index contributed by atoms with van der Waals surface area (Å²) in [5.74, 6) is -0.340. The van der Waals surface area contributed by atoms with Crippen LogP contribution in [0, 0.1) is 13.8 Å². The predicted molar refractivity (Wildman–Crippen MR) is 100 cm³/mol. The van der Waals surface area contributed by atoms with Crippen molar-refractivity contribution in [3.8, 4) is 0 Å². The molecule has 6 heteroatoms. The van der Waals surface area contributed by atoms with Gasteiger partial charge in [0, 0.05) is 6.04 Å². The third kappa shape index (κ3) is 4.60. The zero-order valence-corrected chi connectivity index (χ0v) is 15.8. The van der Waals surface area contributed by atoms with E-state index in [0.717, 1.165) is 15.4 Å². The lowest BCUT2D eigenvalue weighted by molar-refractivity contribution is -0.120. The Hall–Kier alpha value is -2.34. The van der Waals surface area contributed by atoms with Gasteiger partial charge in [0.15, 0.2) is 0 Å². The lowest BCUT2D eigenvalue weighted by Crippen LogP contribution is -2.42. The average Bonchev–Trinajstić information content (AvgIpc) is 2.55. The van der Waals surface area contributed by atoms with Crippen molar-refractivity contribution < 1.29 is 13.2 Å². The molecular formula is C19H24N2O3S. The van der Waals surface area contributed by atoms with Gasteiger partial charge in [-0.15, -0.1) is 0 Å². The predicted octanol–water partition coefficient (Wildman–Crippen LogP) is 3.02. The first-order chi connectivity index (χ1) is 11.7. The first-order valence-electron chi connectivity index (χ1n) is 8.16. The number of hydrogen-bond donors (Lipinski definition) is 1. The number of rotatable bonds is 6. The Kier molecular flexibility index (Phi) is 5.85. The van der Waals surface area contributed by atoms with E-state index < -0.39 is 10.0 Å². The number of aryl methyl sites for hydroxylation is 2. The number of anilines is 1. The van der Waals surface area contributed by atoms with Gasteiger partial charge in [-0.05, 0) is 63.1 Å². The summed E-state index contributed by atoms with van der Waals surface area (Å²) >= 11 is 0. The van der Waals surface area contributed by atoms with Gasteiger partial charge in [-0.25, -0.2) is 8.42 Å². The summed E-state index contributed by atoms with van der Waals surface area (Å²) in [6, 6.07) is 13.5. The Labute approximate surface area is 149 Å². The number of hydrogen-bond acceptors (Lipinski definition) is 3. The minimum Gasteiger partial charge on any atom is -0.352 e. The molecule has 0 spiro atoms. The number of carbonyl (C=O) groups excluding carboxylic acids is 1. The molecule has 0 aliphatic rings. The van der Waals surface area contributed by atoms with Gasteiger partial charge in [0.1, 0.15) is 6.54 Å². The van der Waals surface area contributed by atoms with Crippen LogP contribution in [0.25, 0.3) is 0 Å². The topological polar surface area (TPSA) is 66.5 Å². The zero-order chi connectivity index (χ0) is 18.6. The highest BCUT2D eigenvalue weighted by atomic mass is 32.2. The number of nitrogens with one attached hydrogen (secondary N) is 1. The van der Waals surface area contributed by atoms with E-state index in [1.807, 2.05) is 33.8 Å². The Balaban J connectivity index is 2.48. The molecule has 0 saturated carbocycles. The Bertz CT molecular complexity index is 846. The molecule has 0 aliphatic heterocycles. The molecular weight excluding hydrogens is 336 g/mol. The number of nitrogens with zero attached hydrogens (tertiary/aromatic N) is 1.